The lowest BCUT2D eigenvalue weighted by molar-refractivity contribution is -0.138. The van der Waals surface area contributed by atoms with Gasteiger partial charge in [-0.2, -0.15) is 13.2 Å². The molecule has 0 bridgehead atoms. The molecule has 12 heteroatoms. The van der Waals surface area contributed by atoms with Crippen LogP contribution in [0.2, 0.25) is 0 Å². The van der Waals surface area contributed by atoms with Gasteiger partial charge in [0.25, 0.3) is 0 Å². The van der Waals surface area contributed by atoms with E-state index in [1.54, 1.807) is 6.20 Å². The van der Waals surface area contributed by atoms with E-state index in [-0.39, 0.29) is 23.8 Å². The summed E-state index contributed by atoms with van der Waals surface area (Å²) in [4.78, 5) is 44.5. The Balaban J connectivity index is 1.45. The van der Waals surface area contributed by atoms with E-state index in [4.69, 9.17) is 0 Å². The number of hydrogen-bond donors (Lipinski definition) is 2. The summed E-state index contributed by atoms with van der Waals surface area (Å²) < 4.78 is 41.2. The average Bonchev–Trinajstić information content (AvgIpc) is 3.59. The second kappa shape index (κ2) is 12.9. The van der Waals surface area contributed by atoms with Crippen LogP contribution in [0.3, 0.4) is 0 Å². The molecule has 2 N–H and O–H groups in total. The third-order valence-corrected chi connectivity index (χ3v) is 10.2. The summed E-state index contributed by atoms with van der Waals surface area (Å²) in [5.74, 6) is -0.748. The highest BCUT2D eigenvalue weighted by molar-refractivity contribution is 5.94. The van der Waals surface area contributed by atoms with Crippen LogP contribution in [0.1, 0.15) is 76.0 Å². The molecule has 3 heterocycles. The Kier molecular flexibility index (Phi) is 9.02. The zero-order chi connectivity index (χ0) is 35.1. The van der Waals surface area contributed by atoms with E-state index >= 15 is 0 Å². The Morgan fingerprint density at radius 2 is 1.67 bits per heavy atom. The number of nitrogens with zero attached hydrogens (tertiary/aromatic N) is 5. The summed E-state index contributed by atoms with van der Waals surface area (Å²) in [6.45, 7) is 7.28. The Morgan fingerprint density at radius 1 is 0.959 bits per heavy atom. The molecule has 1 saturated carbocycles. The number of pyridine rings is 1. The van der Waals surface area contributed by atoms with Gasteiger partial charge in [-0.25, -0.2) is 14.8 Å². The molecule has 0 radical (unpaired) electrons. The maximum absolute atomic E-state index is 14.2. The first-order chi connectivity index (χ1) is 23.2. The van der Waals surface area contributed by atoms with Gasteiger partial charge < -0.3 is 15.3 Å². The number of halogens is 3. The quantitative estimate of drug-likeness (QED) is 0.210. The minimum absolute atomic E-state index is 0.00595. The summed E-state index contributed by atoms with van der Waals surface area (Å²) in [5.41, 5.74) is -0.0615. The minimum Gasteiger partial charge on any atom is -0.465 e. The van der Waals surface area contributed by atoms with Crippen molar-refractivity contribution >= 4 is 40.2 Å². The van der Waals surface area contributed by atoms with Gasteiger partial charge in [0.15, 0.2) is 5.82 Å². The predicted octanol–water partition coefficient (Wildman–Crippen LogP) is 8.70. The number of carboxylic acid groups (broad SMARTS) is 1. The number of benzene rings is 2. The van der Waals surface area contributed by atoms with Gasteiger partial charge in [0.05, 0.1) is 22.5 Å². The van der Waals surface area contributed by atoms with E-state index in [9.17, 15) is 27.9 Å². The van der Waals surface area contributed by atoms with Gasteiger partial charge in [0.1, 0.15) is 11.8 Å². The van der Waals surface area contributed by atoms with Crippen molar-refractivity contribution in [2.24, 2.45) is 11.3 Å². The number of rotatable bonds is 6. The maximum Gasteiger partial charge on any atom is 0.416 e. The van der Waals surface area contributed by atoms with Crippen molar-refractivity contribution in [3.05, 3.63) is 83.8 Å². The first kappa shape index (κ1) is 34.1. The molecular weight excluding hydrogens is 633 g/mol. The van der Waals surface area contributed by atoms with E-state index < -0.39 is 40.6 Å². The third-order valence-electron chi connectivity index (χ3n) is 10.2. The lowest BCUT2D eigenvalue weighted by atomic mass is 9.58. The fourth-order valence-corrected chi connectivity index (χ4v) is 8.15. The molecule has 2 fully saturated rings. The van der Waals surface area contributed by atoms with E-state index in [2.05, 4.69) is 25.2 Å². The van der Waals surface area contributed by atoms with Gasteiger partial charge in [-0.05, 0) is 85.5 Å². The average molecular weight is 675 g/mol. The van der Waals surface area contributed by atoms with Crippen molar-refractivity contribution in [3.63, 3.8) is 0 Å². The van der Waals surface area contributed by atoms with Crippen LogP contribution in [-0.2, 0) is 16.5 Å². The lowest BCUT2D eigenvalue weighted by Gasteiger charge is -2.57. The zero-order valence-corrected chi connectivity index (χ0v) is 28.1. The molecule has 49 heavy (non-hydrogen) atoms. The Bertz CT molecular complexity index is 1850. The fourth-order valence-electron chi connectivity index (χ4n) is 8.15. The largest absolute Gasteiger partial charge is 0.465 e. The Hall–Kier alpha value is -4.74. The first-order valence-electron chi connectivity index (χ1n) is 16.7. The standard InChI is InChI=1S/C37H41F3N6O3/c1-23-13-16-25(21-29(23)37(38,39)40)44-33(47)28-11-8-20-45(34(48)49)36(28,35(2,3)4)24-14-17-27(18-15-24)46(26-9-5-6-10-26)32-31-30(42-22-43-32)12-7-19-41-31/h7,12-19,21-22,26,28H,5-6,8-11,20H2,1-4H3,(H,44,47)(H,48,49)/t28-,36-/m1/s1. The van der Waals surface area contributed by atoms with Gasteiger partial charge in [0, 0.05) is 30.2 Å². The lowest BCUT2D eigenvalue weighted by Crippen LogP contribution is -2.65. The number of fused-ring (bicyclic) bond motifs is 1. The normalized spacial score (nSPS) is 20.4. The first-order valence-corrected chi connectivity index (χ1v) is 16.7. The minimum atomic E-state index is -4.59. The number of alkyl halides is 3. The summed E-state index contributed by atoms with van der Waals surface area (Å²) in [6, 6.07) is 15.2. The molecule has 6 rings (SSSR count). The molecule has 1 aliphatic heterocycles. The van der Waals surface area contributed by atoms with Crippen molar-refractivity contribution in [1.29, 1.82) is 0 Å². The maximum atomic E-state index is 14.2. The Labute approximate surface area is 283 Å². The summed E-state index contributed by atoms with van der Waals surface area (Å²) >= 11 is 0. The van der Waals surface area contributed by atoms with E-state index in [0.717, 1.165) is 43.0 Å². The fraction of sp³-hybridized carbons (Fsp3) is 0.432. The molecule has 1 saturated heterocycles. The number of hydrogen-bond acceptors (Lipinski definition) is 6. The second-order valence-corrected chi connectivity index (χ2v) is 14.1. The van der Waals surface area contributed by atoms with Gasteiger partial charge in [-0.1, -0.05) is 51.8 Å². The number of anilines is 3. The number of carbonyl (C=O) groups is 2. The molecular formula is C37H41F3N6O3. The van der Waals surface area contributed by atoms with Crippen LogP contribution < -0.4 is 10.2 Å². The zero-order valence-electron chi connectivity index (χ0n) is 28.1. The van der Waals surface area contributed by atoms with Crippen molar-refractivity contribution in [1.82, 2.24) is 19.9 Å². The number of piperidine rings is 1. The van der Waals surface area contributed by atoms with E-state index in [0.29, 0.717) is 29.7 Å². The summed E-state index contributed by atoms with van der Waals surface area (Å²) in [7, 11) is 0. The van der Waals surface area contributed by atoms with Crippen LogP contribution in [0.4, 0.5) is 35.2 Å². The second-order valence-electron chi connectivity index (χ2n) is 14.1. The third kappa shape index (κ3) is 6.17. The van der Waals surface area contributed by atoms with E-state index in [1.807, 2.05) is 57.2 Å². The number of carbonyl (C=O) groups excluding carboxylic acids is 1. The molecule has 2 aliphatic rings. The van der Waals surface area contributed by atoms with E-state index in [1.165, 1.54) is 30.3 Å². The summed E-state index contributed by atoms with van der Waals surface area (Å²) in [5, 5.41) is 13.3. The van der Waals surface area contributed by atoms with Crippen molar-refractivity contribution < 1.29 is 27.9 Å². The molecule has 1 aliphatic carbocycles. The molecule has 2 amide bonds. The van der Waals surface area contributed by atoms with Crippen LogP contribution in [-0.4, -0.2) is 49.5 Å². The smallest absolute Gasteiger partial charge is 0.416 e. The molecule has 0 spiro atoms. The highest BCUT2D eigenvalue weighted by atomic mass is 19.4. The molecule has 4 aromatic rings. The van der Waals surface area contributed by atoms with Crippen LogP contribution in [0.25, 0.3) is 11.0 Å². The number of amides is 2. The van der Waals surface area contributed by atoms with Crippen molar-refractivity contribution in [2.45, 2.75) is 84.0 Å². The van der Waals surface area contributed by atoms with Crippen LogP contribution in [0.5, 0.6) is 0 Å². The predicted molar refractivity (Wildman–Crippen MR) is 182 cm³/mol. The molecule has 2 aromatic heterocycles. The number of nitrogens with one attached hydrogen (secondary N) is 1. The summed E-state index contributed by atoms with van der Waals surface area (Å²) in [6.07, 6.45) is 2.36. The van der Waals surface area contributed by atoms with Gasteiger partial charge in [0.2, 0.25) is 5.91 Å². The highest BCUT2D eigenvalue weighted by Gasteiger charge is 2.59. The SMILES string of the molecule is Cc1ccc(NC(=O)[C@H]2CCCN(C(=O)O)[C@@]2(c2ccc(N(c3ncnc4cccnc34)C3CCCC3)cc2)C(C)(C)C)cc1C(F)(F)F. The molecule has 0 unspecified atom stereocenters. The van der Waals surface area contributed by atoms with Gasteiger partial charge in [-0.15, -0.1) is 0 Å². The van der Waals surface area contributed by atoms with Crippen molar-refractivity contribution in [3.8, 4) is 0 Å². The Morgan fingerprint density at radius 3 is 2.33 bits per heavy atom. The van der Waals surface area contributed by atoms with Gasteiger partial charge in [-0.3, -0.25) is 14.7 Å². The molecule has 9 nitrogen and oxygen atoms in total. The number of aromatic nitrogens is 3. The number of aryl methyl sites for hydroxylation is 1. The van der Waals surface area contributed by atoms with Crippen molar-refractivity contribution in [2.75, 3.05) is 16.8 Å². The van der Waals surface area contributed by atoms with Crippen LogP contribution in [0, 0.1) is 18.3 Å². The van der Waals surface area contributed by atoms with Crippen LogP contribution in [0.15, 0.2) is 67.1 Å². The highest BCUT2D eigenvalue weighted by Crippen LogP contribution is 2.54. The molecule has 258 valence electrons. The molecule has 2 atom stereocenters. The van der Waals surface area contributed by atoms with Crippen LogP contribution >= 0.6 is 0 Å². The monoisotopic (exact) mass is 674 g/mol. The molecule has 2 aromatic carbocycles. The number of likely N-dealkylation sites (tertiary alicyclic amines) is 1. The topological polar surface area (TPSA) is 112 Å². The van der Waals surface area contributed by atoms with Gasteiger partial charge >= 0.3 is 12.3 Å².